The number of aromatic nitrogens is 1. The molecule has 1 aromatic heterocycles. The second-order valence-corrected chi connectivity index (χ2v) is 5.01. The molecule has 126 valence electrons. The van der Waals surface area contributed by atoms with E-state index in [9.17, 15) is 15.0 Å². The Bertz CT molecular complexity index is 742. The number of amides is 1. The molecule has 0 aliphatic heterocycles. The zero-order chi connectivity index (χ0) is 17.5. The van der Waals surface area contributed by atoms with E-state index in [2.05, 4.69) is 20.4 Å². The summed E-state index contributed by atoms with van der Waals surface area (Å²) in [7, 11) is 0. The average Bonchev–Trinajstić information content (AvgIpc) is 2.58. The van der Waals surface area contributed by atoms with Gasteiger partial charge in [-0.3, -0.25) is 9.78 Å². The molecule has 2 rings (SSSR count). The number of hydrazone groups is 1. The van der Waals surface area contributed by atoms with Gasteiger partial charge < -0.3 is 15.1 Å². The quantitative estimate of drug-likeness (QED) is 0.557. The molecule has 24 heavy (non-hydrogen) atoms. The van der Waals surface area contributed by atoms with E-state index in [1.807, 2.05) is 19.9 Å². The van der Waals surface area contributed by atoms with Crippen molar-refractivity contribution in [2.45, 2.75) is 13.8 Å². The normalized spacial score (nSPS) is 10.8. The van der Waals surface area contributed by atoms with Crippen molar-refractivity contribution in [1.29, 1.82) is 0 Å². The summed E-state index contributed by atoms with van der Waals surface area (Å²) in [5.74, 6) is -0.716. The first-order valence-corrected chi connectivity index (χ1v) is 7.61. The zero-order valence-corrected chi connectivity index (χ0v) is 13.6. The van der Waals surface area contributed by atoms with Gasteiger partial charge in [0.1, 0.15) is 11.5 Å². The SMILES string of the molecule is CCN(CC)c1ccc(/C=N/NC(=O)c2ccncc2O)c(O)c1. The van der Waals surface area contributed by atoms with Crippen LogP contribution < -0.4 is 10.3 Å². The number of rotatable bonds is 6. The maximum Gasteiger partial charge on any atom is 0.275 e. The Morgan fingerprint density at radius 1 is 1.25 bits per heavy atom. The minimum atomic E-state index is -0.564. The number of hydrogen-bond acceptors (Lipinski definition) is 6. The topological polar surface area (TPSA) is 98.1 Å². The number of nitrogens with zero attached hydrogens (tertiary/aromatic N) is 3. The molecule has 0 bridgehead atoms. The Hall–Kier alpha value is -3.09. The molecule has 0 fully saturated rings. The molecule has 0 saturated heterocycles. The number of hydrogen-bond donors (Lipinski definition) is 3. The largest absolute Gasteiger partial charge is 0.507 e. The maximum atomic E-state index is 11.9. The van der Waals surface area contributed by atoms with E-state index in [-0.39, 0.29) is 17.1 Å². The molecule has 1 heterocycles. The van der Waals surface area contributed by atoms with E-state index in [1.54, 1.807) is 12.1 Å². The summed E-state index contributed by atoms with van der Waals surface area (Å²) in [5, 5.41) is 23.4. The van der Waals surface area contributed by atoms with Gasteiger partial charge in [-0.05, 0) is 32.0 Å². The molecule has 0 saturated carbocycles. The second kappa shape index (κ2) is 7.96. The first-order valence-electron chi connectivity index (χ1n) is 7.61. The monoisotopic (exact) mass is 328 g/mol. The standard InChI is InChI=1S/C17H20N4O3/c1-3-21(4-2)13-6-5-12(15(22)9-13)10-19-20-17(24)14-7-8-18-11-16(14)23/h5-11,22-23H,3-4H2,1-2H3,(H,20,24)/b19-10+. The molecule has 2 aromatic rings. The van der Waals surface area contributed by atoms with Gasteiger partial charge in [-0.1, -0.05) is 0 Å². The molecule has 7 nitrogen and oxygen atoms in total. The van der Waals surface area contributed by atoms with E-state index >= 15 is 0 Å². The fourth-order valence-corrected chi connectivity index (χ4v) is 2.23. The molecular formula is C17H20N4O3. The Labute approximate surface area is 140 Å². The lowest BCUT2D eigenvalue weighted by atomic mass is 10.2. The third-order valence-corrected chi connectivity index (χ3v) is 3.56. The summed E-state index contributed by atoms with van der Waals surface area (Å²) in [6.45, 7) is 5.77. The van der Waals surface area contributed by atoms with Crippen LogP contribution in [0.1, 0.15) is 29.8 Å². The highest BCUT2D eigenvalue weighted by Gasteiger charge is 2.09. The summed E-state index contributed by atoms with van der Waals surface area (Å²) in [6, 6.07) is 6.65. The van der Waals surface area contributed by atoms with Crippen molar-refractivity contribution in [3.63, 3.8) is 0 Å². The van der Waals surface area contributed by atoms with Crippen LogP contribution in [0.3, 0.4) is 0 Å². The molecule has 0 unspecified atom stereocenters. The van der Waals surface area contributed by atoms with Gasteiger partial charge >= 0.3 is 0 Å². The van der Waals surface area contributed by atoms with Gasteiger partial charge in [0.25, 0.3) is 5.91 Å². The van der Waals surface area contributed by atoms with Crippen molar-refractivity contribution >= 4 is 17.8 Å². The zero-order valence-electron chi connectivity index (χ0n) is 13.6. The van der Waals surface area contributed by atoms with Crippen LogP contribution in [0.2, 0.25) is 0 Å². The summed E-state index contributed by atoms with van der Waals surface area (Å²) < 4.78 is 0. The highest BCUT2D eigenvalue weighted by Crippen LogP contribution is 2.23. The van der Waals surface area contributed by atoms with Crippen molar-refractivity contribution in [3.05, 3.63) is 47.8 Å². The van der Waals surface area contributed by atoms with Gasteiger partial charge in [-0.2, -0.15) is 5.10 Å². The van der Waals surface area contributed by atoms with Crippen molar-refractivity contribution in [1.82, 2.24) is 10.4 Å². The molecule has 0 radical (unpaired) electrons. The number of phenolic OH excluding ortho intramolecular Hbond substituents is 1. The minimum absolute atomic E-state index is 0.0725. The van der Waals surface area contributed by atoms with Crippen molar-refractivity contribution in [2.24, 2.45) is 5.10 Å². The minimum Gasteiger partial charge on any atom is -0.507 e. The van der Waals surface area contributed by atoms with Crippen LogP contribution in [0.5, 0.6) is 11.5 Å². The third kappa shape index (κ3) is 4.01. The van der Waals surface area contributed by atoms with E-state index in [1.165, 1.54) is 24.7 Å². The number of anilines is 1. The van der Waals surface area contributed by atoms with E-state index in [0.717, 1.165) is 18.8 Å². The fourth-order valence-electron chi connectivity index (χ4n) is 2.23. The molecule has 0 aliphatic carbocycles. The van der Waals surface area contributed by atoms with Crippen LogP contribution in [0.25, 0.3) is 0 Å². The molecule has 1 aromatic carbocycles. The highest BCUT2D eigenvalue weighted by atomic mass is 16.3. The van der Waals surface area contributed by atoms with Crippen molar-refractivity contribution in [3.8, 4) is 11.5 Å². The maximum absolute atomic E-state index is 11.9. The lowest BCUT2D eigenvalue weighted by Gasteiger charge is -2.21. The van der Waals surface area contributed by atoms with Gasteiger partial charge in [0.2, 0.25) is 0 Å². The number of aromatic hydroxyl groups is 2. The predicted octanol–water partition coefficient (Wildman–Crippen LogP) is 2.10. The van der Waals surface area contributed by atoms with Gasteiger partial charge in [-0.25, -0.2) is 5.43 Å². The average molecular weight is 328 g/mol. The summed E-state index contributed by atoms with van der Waals surface area (Å²) in [4.78, 5) is 17.7. The second-order valence-electron chi connectivity index (χ2n) is 5.01. The number of carbonyl (C=O) groups is 1. The first kappa shape index (κ1) is 17.3. The molecule has 7 heteroatoms. The molecular weight excluding hydrogens is 308 g/mol. The van der Waals surface area contributed by atoms with E-state index < -0.39 is 5.91 Å². The number of benzene rings is 1. The van der Waals surface area contributed by atoms with Gasteiger partial charge in [0.15, 0.2) is 0 Å². The lowest BCUT2D eigenvalue weighted by Crippen LogP contribution is -2.21. The Morgan fingerprint density at radius 2 is 2.00 bits per heavy atom. The van der Waals surface area contributed by atoms with E-state index in [4.69, 9.17) is 0 Å². The summed E-state index contributed by atoms with van der Waals surface area (Å²) >= 11 is 0. The van der Waals surface area contributed by atoms with Crippen LogP contribution in [0.15, 0.2) is 41.8 Å². The fraction of sp³-hybridized carbons (Fsp3) is 0.235. The Kier molecular flexibility index (Phi) is 5.73. The highest BCUT2D eigenvalue weighted by molar-refractivity contribution is 5.97. The van der Waals surface area contributed by atoms with Crippen molar-refractivity contribution in [2.75, 3.05) is 18.0 Å². The number of pyridine rings is 1. The van der Waals surface area contributed by atoms with Gasteiger partial charge in [0, 0.05) is 36.6 Å². The van der Waals surface area contributed by atoms with Crippen LogP contribution in [0.4, 0.5) is 5.69 Å². The summed E-state index contributed by atoms with van der Waals surface area (Å²) in [5.41, 5.74) is 3.76. The number of nitrogens with one attached hydrogen (secondary N) is 1. The molecule has 0 spiro atoms. The molecule has 0 atom stereocenters. The number of phenols is 1. The van der Waals surface area contributed by atoms with Crippen molar-refractivity contribution < 1.29 is 15.0 Å². The van der Waals surface area contributed by atoms with E-state index in [0.29, 0.717) is 5.56 Å². The predicted molar refractivity (Wildman–Crippen MR) is 92.6 cm³/mol. The van der Waals surface area contributed by atoms with Gasteiger partial charge in [-0.15, -0.1) is 0 Å². The van der Waals surface area contributed by atoms with Crippen LogP contribution in [-0.4, -0.2) is 40.4 Å². The summed E-state index contributed by atoms with van der Waals surface area (Å²) in [6.07, 6.45) is 3.92. The lowest BCUT2D eigenvalue weighted by molar-refractivity contribution is 0.0952. The Morgan fingerprint density at radius 3 is 2.62 bits per heavy atom. The van der Waals surface area contributed by atoms with Crippen LogP contribution >= 0.6 is 0 Å². The van der Waals surface area contributed by atoms with Crippen LogP contribution in [-0.2, 0) is 0 Å². The molecule has 3 N–H and O–H groups in total. The van der Waals surface area contributed by atoms with Crippen LogP contribution in [0, 0.1) is 0 Å². The number of carbonyl (C=O) groups excluding carboxylic acids is 1. The smallest absolute Gasteiger partial charge is 0.275 e. The molecule has 0 aliphatic rings. The van der Waals surface area contributed by atoms with Gasteiger partial charge in [0.05, 0.1) is 18.0 Å². The molecule has 1 amide bonds. The Balaban J connectivity index is 2.07. The third-order valence-electron chi connectivity index (χ3n) is 3.56. The first-order chi connectivity index (χ1) is 11.6.